The maximum absolute atomic E-state index is 12.0. The van der Waals surface area contributed by atoms with Crippen molar-refractivity contribution in [3.05, 3.63) is 69.1 Å². The van der Waals surface area contributed by atoms with Crippen molar-refractivity contribution >= 4 is 5.91 Å². The normalized spacial score (nSPS) is 16.1. The van der Waals surface area contributed by atoms with Gasteiger partial charge in [-0.25, -0.2) is 0 Å². The van der Waals surface area contributed by atoms with Crippen molar-refractivity contribution in [2.75, 3.05) is 6.54 Å². The Bertz CT molecular complexity index is 718. The van der Waals surface area contributed by atoms with E-state index < -0.39 is 0 Å². The molecule has 4 nitrogen and oxygen atoms in total. The summed E-state index contributed by atoms with van der Waals surface area (Å²) in [5.41, 5.74) is 3.23. The summed E-state index contributed by atoms with van der Waals surface area (Å²) in [5.74, 6) is 0.0512. The van der Waals surface area contributed by atoms with Crippen LogP contribution >= 0.6 is 0 Å². The molecule has 0 fully saturated rings. The summed E-state index contributed by atoms with van der Waals surface area (Å²) in [6.45, 7) is 2.36. The average Bonchev–Trinajstić information content (AvgIpc) is 2.39. The van der Waals surface area contributed by atoms with E-state index in [0.717, 1.165) is 12.1 Å². The number of aromatic nitrogens is 1. The molecule has 2 N–H and O–H groups in total. The summed E-state index contributed by atoms with van der Waals surface area (Å²) in [4.78, 5) is 26.3. The van der Waals surface area contributed by atoms with Gasteiger partial charge in [-0.15, -0.1) is 0 Å². The predicted molar refractivity (Wildman–Crippen MR) is 77.0 cm³/mol. The van der Waals surface area contributed by atoms with Gasteiger partial charge in [0.05, 0.1) is 0 Å². The molecule has 3 rings (SSSR count). The first kappa shape index (κ1) is 12.7. The molecule has 0 saturated carbocycles. The van der Waals surface area contributed by atoms with Crippen LogP contribution in [-0.2, 0) is 6.42 Å². The van der Waals surface area contributed by atoms with Crippen LogP contribution in [0.2, 0.25) is 0 Å². The quantitative estimate of drug-likeness (QED) is 0.891. The van der Waals surface area contributed by atoms with Crippen molar-refractivity contribution in [1.29, 1.82) is 0 Å². The molecule has 2 aromatic rings. The molecule has 0 radical (unpaired) electrons. The lowest BCUT2D eigenvalue weighted by atomic mass is 9.77. The highest BCUT2D eigenvalue weighted by atomic mass is 16.2. The van der Waals surface area contributed by atoms with Gasteiger partial charge in [-0.3, -0.25) is 9.59 Å². The highest BCUT2D eigenvalue weighted by Crippen LogP contribution is 2.33. The second-order valence-electron chi connectivity index (χ2n) is 5.19. The minimum atomic E-state index is -0.337. The standard InChI is InChI=1S/C16H16N2O2/c1-10-6-7-14(16(20)18-10)15(19)17-9-12-8-11-4-2-3-5-13(11)12/h2-7,12H,8-9H2,1H3,(H,17,19)(H,18,20)/t12-/m1/s1. The Morgan fingerprint density at radius 2 is 2.10 bits per heavy atom. The van der Waals surface area contributed by atoms with E-state index >= 15 is 0 Å². The van der Waals surface area contributed by atoms with Crippen LogP contribution in [0.3, 0.4) is 0 Å². The molecular weight excluding hydrogens is 252 g/mol. The van der Waals surface area contributed by atoms with Gasteiger partial charge in [0.2, 0.25) is 0 Å². The molecule has 1 aliphatic rings. The van der Waals surface area contributed by atoms with Crippen LogP contribution in [0.25, 0.3) is 0 Å². The summed E-state index contributed by atoms with van der Waals surface area (Å²) < 4.78 is 0. The number of nitrogens with one attached hydrogen (secondary N) is 2. The largest absolute Gasteiger partial charge is 0.351 e. The number of benzene rings is 1. The number of pyridine rings is 1. The average molecular weight is 268 g/mol. The summed E-state index contributed by atoms with van der Waals surface area (Å²) in [5, 5.41) is 2.84. The zero-order chi connectivity index (χ0) is 14.1. The predicted octanol–water partition coefficient (Wildman–Crippen LogP) is 1.75. The van der Waals surface area contributed by atoms with Gasteiger partial charge < -0.3 is 10.3 Å². The Morgan fingerprint density at radius 1 is 1.30 bits per heavy atom. The molecule has 1 aromatic carbocycles. The molecule has 1 amide bonds. The molecule has 1 atom stereocenters. The molecule has 1 heterocycles. The maximum Gasteiger partial charge on any atom is 0.260 e. The van der Waals surface area contributed by atoms with Crippen molar-refractivity contribution < 1.29 is 4.79 Å². The van der Waals surface area contributed by atoms with Crippen LogP contribution < -0.4 is 10.9 Å². The lowest BCUT2D eigenvalue weighted by Gasteiger charge is -2.30. The Labute approximate surface area is 116 Å². The van der Waals surface area contributed by atoms with E-state index in [0.29, 0.717) is 12.5 Å². The molecule has 0 saturated heterocycles. The number of rotatable bonds is 3. The second kappa shape index (κ2) is 4.96. The van der Waals surface area contributed by atoms with Crippen molar-refractivity contribution in [3.63, 3.8) is 0 Å². The van der Waals surface area contributed by atoms with Gasteiger partial charge in [-0.1, -0.05) is 24.3 Å². The number of carbonyl (C=O) groups excluding carboxylic acids is 1. The van der Waals surface area contributed by atoms with Crippen molar-refractivity contribution in [2.45, 2.75) is 19.3 Å². The molecule has 0 unspecified atom stereocenters. The summed E-state index contributed by atoms with van der Waals surface area (Å²) in [7, 11) is 0. The lowest BCUT2D eigenvalue weighted by molar-refractivity contribution is 0.0948. The van der Waals surface area contributed by atoms with Gasteiger partial charge in [-0.05, 0) is 36.6 Å². The molecular formula is C16H16N2O2. The number of aromatic amines is 1. The summed E-state index contributed by atoms with van der Waals surface area (Å²) in [6, 6.07) is 11.5. The molecule has 102 valence electrons. The summed E-state index contributed by atoms with van der Waals surface area (Å²) >= 11 is 0. The topological polar surface area (TPSA) is 62.0 Å². The molecule has 0 bridgehead atoms. The van der Waals surface area contributed by atoms with Crippen LogP contribution in [0.15, 0.2) is 41.2 Å². The number of hydrogen-bond acceptors (Lipinski definition) is 2. The first-order valence-electron chi connectivity index (χ1n) is 6.71. The van der Waals surface area contributed by atoms with Gasteiger partial charge in [-0.2, -0.15) is 0 Å². The van der Waals surface area contributed by atoms with E-state index in [4.69, 9.17) is 0 Å². The monoisotopic (exact) mass is 268 g/mol. The zero-order valence-corrected chi connectivity index (χ0v) is 11.3. The van der Waals surface area contributed by atoms with E-state index in [2.05, 4.69) is 22.4 Å². The molecule has 4 heteroatoms. The Morgan fingerprint density at radius 3 is 2.85 bits per heavy atom. The van der Waals surface area contributed by atoms with Crippen molar-refractivity contribution in [1.82, 2.24) is 10.3 Å². The number of hydrogen-bond donors (Lipinski definition) is 2. The van der Waals surface area contributed by atoms with Crippen molar-refractivity contribution in [3.8, 4) is 0 Å². The molecule has 0 aliphatic heterocycles. The maximum atomic E-state index is 12.0. The van der Waals surface area contributed by atoms with E-state index in [1.807, 2.05) is 12.1 Å². The number of H-pyrrole nitrogens is 1. The fourth-order valence-corrected chi connectivity index (χ4v) is 2.61. The minimum Gasteiger partial charge on any atom is -0.351 e. The Balaban J connectivity index is 1.65. The highest BCUT2D eigenvalue weighted by molar-refractivity contribution is 5.93. The second-order valence-corrected chi connectivity index (χ2v) is 5.19. The first-order chi connectivity index (χ1) is 9.65. The van der Waals surface area contributed by atoms with Crippen LogP contribution in [-0.4, -0.2) is 17.4 Å². The van der Waals surface area contributed by atoms with E-state index in [1.165, 1.54) is 11.1 Å². The SMILES string of the molecule is Cc1ccc(C(=O)NC[C@H]2Cc3ccccc32)c(=O)[nH]1. The van der Waals surface area contributed by atoms with Crippen LogP contribution in [0, 0.1) is 6.92 Å². The fourth-order valence-electron chi connectivity index (χ4n) is 2.61. The number of carbonyl (C=O) groups is 1. The number of amides is 1. The van der Waals surface area contributed by atoms with Crippen LogP contribution in [0.5, 0.6) is 0 Å². The smallest absolute Gasteiger partial charge is 0.260 e. The number of fused-ring (bicyclic) bond motifs is 1. The van der Waals surface area contributed by atoms with Gasteiger partial charge in [0.1, 0.15) is 5.56 Å². The van der Waals surface area contributed by atoms with Gasteiger partial charge in [0.15, 0.2) is 0 Å². The zero-order valence-electron chi connectivity index (χ0n) is 11.3. The Hall–Kier alpha value is -2.36. The summed E-state index contributed by atoms with van der Waals surface area (Å²) in [6.07, 6.45) is 0.987. The fraction of sp³-hybridized carbons (Fsp3) is 0.250. The van der Waals surface area contributed by atoms with Gasteiger partial charge >= 0.3 is 0 Å². The van der Waals surface area contributed by atoms with Crippen LogP contribution in [0.1, 0.15) is 33.1 Å². The van der Waals surface area contributed by atoms with Gasteiger partial charge in [0.25, 0.3) is 11.5 Å². The third kappa shape index (κ3) is 2.25. The molecule has 1 aromatic heterocycles. The lowest BCUT2D eigenvalue weighted by Crippen LogP contribution is -2.35. The molecule has 20 heavy (non-hydrogen) atoms. The van der Waals surface area contributed by atoms with Crippen molar-refractivity contribution in [2.24, 2.45) is 0 Å². The number of aryl methyl sites for hydroxylation is 1. The van der Waals surface area contributed by atoms with E-state index in [9.17, 15) is 9.59 Å². The van der Waals surface area contributed by atoms with Crippen LogP contribution in [0.4, 0.5) is 0 Å². The Kier molecular flexibility index (Phi) is 3.14. The van der Waals surface area contributed by atoms with E-state index in [-0.39, 0.29) is 17.0 Å². The minimum absolute atomic E-state index is 0.170. The van der Waals surface area contributed by atoms with Gasteiger partial charge in [0, 0.05) is 18.2 Å². The van der Waals surface area contributed by atoms with E-state index in [1.54, 1.807) is 19.1 Å². The third-order valence-electron chi connectivity index (χ3n) is 3.77. The molecule has 0 spiro atoms. The first-order valence-corrected chi connectivity index (χ1v) is 6.71. The third-order valence-corrected chi connectivity index (χ3v) is 3.77. The molecule has 1 aliphatic carbocycles. The highest BCUT2D eigenvalue weighted by Gasteiger charge is 2.25.